The first-order valence-corrected chi connectivity index (χ1v) is 7.75. The maximum absolute atomic E-state index is 12.2. The predicted octanol–water partition coefficient (Wildman–Crippen LogP) is 2.96. The molecule has 4 heteroatoms. The molecule has 1 aromatic rings. The third kappa shape index (κ3) is 4.23. The monoisotopic (exact) mass is 304 g/mol. The van der Waals surface area contributed by atoms with Gasteiger partial charge in [0.2, 0.25) is 0 Å². The number of hydrogen-bond donors (Lipinski definition) is 2. The average Bonchev–Trinajstić information content (AvgIpc) is 3.24. The fraction of sp³-hybridized carbons (Fsp3) is 0.471. The minimum atomic E-state index is -0.0717. The van der Waals surface area contributed by atoms with Gasteiger partial charge in [-0.2, -0.15) is 0 Å². The van der Waals surface area contributed by atoms with E-state index in [9.17, 15) is 4.79 Å². The fourth-order valence-corrected chi connectivity index (χ4v) is 2.72. The molecule has 1 saturated carbocycles. The van der Waals surface area contributed by atoms with Gasteiger partial charge in [0.25, 0.3) is 5.91 Å². The normalized spacial score (nSPS) is 15.0. The Hall–Kier alpha value is -1.50. The Bertz CT molecular complexity index is 582. The predicted molar refractivity (Wildman–Crippen MR) is 86.3 cm³/mol. The van der Waals surface area contributed by atoms with Gasteiger partial charge >= 0.3 is 0 Å². The third-order valence-corrected chi connectivity index (χ3v) is 4.23. The molecule has 2 rings (SSSR count). The Labute approximate surface area is 131 Å². The molecular weight excluding hydrogens is 284 g/mol. The molecule has 0 bridgehead atoms. The van der Waals surface area contributed by atoms with Crippen LogP contribution < -0.4 is 11.1 Å². The summed E-state index contributed by atoms with van der Waals surface area (Å²) in [5.41, 5.74) is 6.95. The molecule has 1 aliphatic carbocycles. The number of nitrogens with two attached hydrogens (primary N) is 1. The maximum Gasteiger partial charge on any atom is 0.251 e. The molecule has 3 nitrogen and oxygen atoms in total. The molecule has 0 heterocycles. The van der Waals surface area contributed by atoms with Crippen LogP contribution >= 0.6 is 11.6 Å². The smallest absolute Gasteiger partial charge is 0.251 e. The minimum absolute atomic E-state index is 0.0717. The summed E-state index contributed by atoms with van der Waals surface area (Å²) in [5.74, 6) is 5.57. The molecule has 0 atom stereocenters. The number of benzene rings is 1. The van der Waals surface area contributed by atoms with Gasteiger partial charge in [-0.1, -0.05) is 36.8 Å². The summed E-state index contributed by atoms with van der Waals surface area (Å²) in [6.45, 7) is 3.23. The quantitative estimate of drug-likeness (QED) is 0.822. The van der Waals surface area contributed by atoms with E-state index >= 15 is 0 Å². The lowest BCUT2D eigenvalue weighted by atomic mass is 10.0. The lowest BCUT2D eigenvalue weighted by molar-refractivity contribution is 0.0943. The summed E-state index contributed by atoms with van der Waals surface area (Å²) in [7, 11) is 0. The second-order valence-corrected chi connectivity index (χ2v) is 6.04. The van der Waals surface area contributed by atoms with Crippen molar-refractivity contribution in [2.45, 2.75) is 32.6 Å². The maximum atomic E-state index is 12.2. The van der Waals surface area contributed by atoms with Crippen molar-refractivity contribution >= 4 is 17.5 Å². The van der Waals surface area contributed by atoms with E-state index < -0.39 is 0 Å². The van der Waals surface area contributed by atoms with Crippen LogP contribution in [0, 0.1) is 17.3 Å². The molecular formula is C17H21ClN2O. The van der Waals surface area contributed by atoms with E-state index in [0.29, 0.717) is 21.6 Å². The molecule has 1 aliphatic rings. The van der Waals surface area contributed by atoms with Gasteiger partial charge in [0.15, 0.2) is 0 Å². The van der Waals surface area contributed by atoms with E-state index in [1.54, 1.807) is 18.2 Å². The van der Waals surface area contributed by atoms with Gasteiger partial charge in [-0.05, 0) is 42.9 Å². The summed E-state index contributed by atoms with van der Waals surface area (Å²) in [4.78, 5) is 12.2. The second kappa shape index (κ2) is 6.98. The van der Waals surface area contributed by atoms with Crippen LogP contribution in [0.25, 0.3) is 0 Å². The highest BCUT2D eigenvalue weighted by atomic mass is 35.5. The van der Waals surface area contributed by atoms with Gasteiger partial charge < -0.3 is 11.1 Å². The van der Waals surface area contributed by atoms with Crippen molar-refractivity contribution in [3.8, 4) is 11.8 Å². The molecule has 0 spiro atoms. The van der Waals surface area contributed by atoms with Crippen molar-refractivity contribution in [3.05, 3.63) is 34.3 Å². The van der Waals surface area contributed by atoms with Crippen LogP contribution in [0.4, 0.5) is 0 Å². The largest absolute Gasteiger partial charge is 0.351 e. The van der Waals surface area contributed by atoms with Crippen LogP contribution in [0.5, 0.6) is 0 Å². The zero-order chi connectivity index (χ0) is 15.3. The number of hydrogen-bond acceptors (Lipinski definition) is 2. The first-order valence-electron chi connectivity index (χ1n) is 7.37. The van der Waals surface area contributed by atoms with E-state index in [1.807, 2.05) is 0 Å². The molecule has 0 aliphatic heterocycles. The molecule has 1 aromatic carbocycles. The Morgan fingerprint density at radius 3 is 2.81 bits per heavy atom. The Balaban J connectivity index is 1.98. The van der Waals surface area contributed by atoms with Crippen molar-refractivity contribution in [2.24, 2.45) is 11.1 Å². The van der Waals surface area contributed by atoms with Crippen LogP contribution in [0.2, 0.25) is 5.02 Å². The number of carbonyl (C=O) groups excluding carboxylic acids is 1. The van der Waals surface area contributed by atoms with Crippen LogP contribution in [-0.2, 0) is 0 Å². The SMILES string of the molecule is CCCC1(CNC(=O)c2ccc(C#CCN)c(Cl)c2)CC1. The van der Waals surface area contributed by atoms with Crippen molar-refractivity contribution in [3.63, 3.8) is 0 Å². The molecule has 1 amide bonds. The highest BCUT2D eigenvalue weighted by Gasteiger charge is 2.41. The molecule has 0 aromatic heterocycles. The lowest BCUT2D eigenvalue weighted by Gasteiger charge is -2.15. The van der Waals surface area contributed by atoms with Crippen molar-refractivity contribution in [1.29, 1.82) is 0 Å². The van der Waals surface area contributed by atoms with E-state index in [2.05, 4.69) is 24.1 Å². The Kier molecular flexibility index (Phi) is 5.27. The summed E-state index contributed by atoms with van der Waals surface area (Å²) >= 11 is 6.14. The van der Waals surface area contributed by atoms with Gasteiger partial charge in [0, 0.05) is 17.7 Å². The van der Waals surface area contributed by atoms with Crippen molar-refractivity contribution in [1.82, 2.24) is 5.32 Å². The van der Waals surface area contributed by atoms with Crippen LogP contribution in [0.1, 0.15) is 48.5 Å². The molecule has 1 fully saturated rings. The fourth-order valence-electron chi connectivity index (χ4n) is 2.50. The molecule has 112 valence electrons. The Morgan fingerprint density at radius 1 is 1.48 bits per heavy atom. The number of rotatable bonds is 5. The first kappa shape index (κ1) is 15.9. The van der Waals surface area contributed by atoms with Crippen LogP contribution in [0.3, 0.4) is 0 Å². The number of amides is 1. The average molecular weight is 305 g/mol. The van der Waals surface area contributed by atoms with Crippen LogP contribution in [-0.4, -0.2) is 19.0 Å². The summed E-state index contributed by atoms with van der Waals surface area (Å²) in [6, 6.07) is 5.18. The molecule has 0 saturated heterocycles. The topological polar surface area (TPSA) is 55.1 Å². The summed E-state index contributed by atoms with van der Waals surface area (Å²) in [5, 5.41) is 3.51. The van der Waals surface area contributed by atoms with Crippen LogP contribution in [0.15, 0.2) is 18.2 Å². The second-order valence-electron chi connectivity index (χ2n) is 5.63. The first-order chi connectivity index (χ1) is 10.1. The standard InChI is InChI=1S/C17H21ClN2O/c1-2-7-17(8-9-17)12-20-16(21)14-6-5-13(4-3-10-19)15(18)11-14/h5-6,11H,2,7-10,12,19H2,1H3,(H,20,21). The third-order valence-electron chi connectivity index (χ3n) is 3.92. The van der Waals surface area contributed by atoms with Gasteiger partial charge in [-0.25, -0.2) is 0 Å². The molecule has 3 N–H and O–H groups in total. The highest BCUT2D eigenvalue weighted by molar-refractivity contribution is 6.32. The van der Waals surface area contributed by atoms with Crippen molar-refractivity contribution < 1.29 is 4.79 Å². The molecule has 0 unspecified atom stereocenters. The molecule has 21 heavy (non-hydrogen) atoms. The number of carbonyl (C=O) groups is 1. The van der Waals surface area contributed by atoms with Gasteiger partial charge in [-0.3, -0.25) is 4.79 Å². The van der Waals surface area contributed by atoms with E-state index in [4.69, 9.17) is 17.3 Å². The van der Waals surface area contributed by atoms with E-state index in [0.717, 1.165) is 13.0 Å². The van der Waals surface area contributed by atoms with Gasteiger partial charge in [0.05, 0.1) is 11.6 Å². The van der Waals surface area contributed by atoms with Gasteiger partial charge in [-0.15, -0.1) is 0 Å². The summed E-state index contributed by atoms with van der Waals surface area (Å²) < 4.78 is 0. The summed E-state index contributed by atoms with van der Waals surface area (Å²) in [6.07, 6.45) is 4.78. The van der Waals surface area contributed by atoms with Crippen molar-refractivity contribution in [2.75, 3.05) is 13.1 Å². The zero-order valence-electron chi connectivity index (χ0n) is 12.3. The van der Waals surface area contributed by atoms with E-state index in [1.165, 1.54) is 19.3 Å². The molecule has 0 radical (unpaired) electrons. The highest BCUT2D eigenvalue weighted by Crippen LogP contribution is 2.48. The zero-order valence-corrected chi connectivity index (χ0v) is 13.1. The Morgan fingerprint density at radius 2 is 2.24 bits per heavy atom. The number of halogens is 1. The van der Waals surface area contributed by atoms with Gasteiger partial charge in [0.1, 0.15) is 0 Å². The number of nitrogens with one attached hydrogen (secondary N) is 1. The lowest BCUT2D eigenvalue weighted by Crippen LogP contribution is -2.30. The minimum Gasteiger partial charge on any atom is -0.351 e. The van der Waals surface area contributed by atoms with E-state index in [-0.39, 0.29) is 12.5 Å².